The van der Waals surface area contributed by atoms with E-state index in [2.05, 4.69) is 24.9 Å². The third-order valence-electron chi connectivity index (χ3n) is 3.74. The van der Waals surface area contributed by atoms with E-state index in [1.165, 1.54) is 0 Å². The number of methoxy groups -OCH3 is 1. The lowest BCUT2D eigenvalue weighted by atomic mass is 9.91. The van der Waals surface area contributed by atoms with Crippen LogP contribution in [-0.2, 0) is 12.8 Å². The van der Waals surface area contributed by atoms with Gasteiger partial charge in [0.05, 0.1) is 7.11 Å². The quantitative estimate of drug-likeness (QED) is 0.912. The van der Waals surface area contributed by atoms with E-state index in [4.69, 9.17) is 10.5 Å². The lowest BCUT2D eigenvalue weighted by molar-refractivity contribution is 0.416. The van der Waals surface area contributed by atoms with Crippen molar-refractivity contribution in [3.63, 3.8) is 0 Å². The SMILES string of the molecule is CCCc1nc(N)c(C#N)c(-c2ccccc2OC)c1CC. The maximum atomic E-state index is 9.55. The molecule has 0 radical (unpaired) electrons. The molecule has 1 aromatic heterocycles. The van der Waals surface area contributed by atoms with Crippen LogP contribution in [-0.4, -0.2) is 12.1 Å². The fraction of sp³-hybridized carbons (Fsp3) is 0.333. The fourth-order valence-electron chi connectivity index (χ4n) is 2.78. The third kappa shape index (κ3) is 2.75. The summed E-state index contributed by atoms with van der Waals surface area (Å²) in [5.74, 6) is 1.03. The standard InChI is InChI=1S/C18H21N3O/c1-4-8-15-12(5-2)17(14(11-19)18(20)21-15)13-9-6-7-10-16(13)22-3/h6-7,9-10H,4-5,8H2,1-3H3,(H2,20,21). The molecule has 4 nitrogen and oxygen atoms in total. The lowest BCUT2D eigenvalue weighted by Crippen LogP contribution is -2.08. The van der Waals surface area contributed by atoms with Crippen LogP contribution in [0, 0.1) is 11.3 Å². The van der Waals surface area contributed by atoms with Crippen LogP contribution in [0.15, 0.2) is 24.3 Å². The van der Waals surface area contributed by atoms with E-state index in [1.54, 1.807) is 7.11 Å². The van der Waals surface area contributed by atoms with Crippen molar-refractivity contribution in [2.45, 2.75) is 33.1 Å². The highest BCUT2D eigenvalue weighted by Crippen LogP contribution is 2.38. The van der Waals surface area contributed by atoms with Gasteiger partial charge in [0.1, 0.15) is 23.2 Å². The Hall–Kier alpha value is -2.54. The van der Waals surface area contributed by atoms with Gasteiger partial charge in [-0.2, -0.15) is 5.26 Å². The number of aryl methyl sites for hydroxylation is 1. The highest BCUT2D eigenvalue weighted by atomic mass is 16.5. The Morgan fingerprint density at radius 3 is 2.59 bits per heavy atom. The van der Waals surface area contributed by atoms with E-state index in [0.29, 0.717) is 11.4 Å². The molecule has 0 bridgehead atoms. The first-order valence-corrected chi connectivity index (χ1v) is 7.52. The van der Waals surface area contributed by atoms with Gasteiger partial charge in [-0.1, -0.05) is 38.5 Å². The Balaban J connectivity index is 2.85. The predicted octanol–water partition coefficient (Wildman–Crippen LogP) is 3.73. The molecular formula is C18H21N3O. The zero-order chi connectivity index (χ0) is 16.1. The van der Waals surface area contributed by atoms with E-state index in [1.807, 2.05) is 24.3 Å². The molecule has 0 saturated heterocycles. The van der Waals surface area contributed by atoms with Crippen LogP contribution in [0.4, 0.5) is 5.82 Å². The molecule has 0 aliphatic rings. The summed E-state index contributed by atoms with van der Waals surface area (Å²) in [6.07, 6.45) is 2.63. The van der Waals surface area contributed by atoms with Crippen LogP contribution in [0.2, 0.25) is 0 Å². The van der Waals surface area contributed by atoms with Crippen molar-refractivity contribution in [3.8, 4) is 22.9 Å². The number of nitrogens with two attached hydrogens (primary N) is 1. The zero-order valence-corrected chi connectivity index (χ0v) is 13.3. The number of hydrogen-bond donors (Lipinski definition) is 1. The molecule has 2 aromatic rings. The highest BCUT2D eigenvalue weighted by molar-refractivity contribution is 5.82. The van der Waals surface area contributed by atoms with Gasteiger partial charge in [0.2, 0.25) is 0 Å². The summed E-state index contributed by atoms with van der Waals surface area (Å²) >= 11 is 0. The van der Waals surface area contributed by atoms with E-state index >= 15 is 0 Å². The zero-order valence-electron chi connectivity index (χ0n) is 13.3. The molecule has 114 valence electrons. The molecule has 2 rings (SSSR count). The summed E-state index contributed by atoms with van der Waals surface area (Å²) in [7, 11) is 1.63. The monoisotopic (exact) mass is 295 g/mol. The molecule has 0 aliphatic heterocycles. The number of para-hydroxylation sites is 1. The van der Waals surface area contributed by atoms with Gasteiger partial charge in [-0.15, -0.1) is 0 Å². The van der Waals surface area contributed by atoms with Crippen LogP contribution < -0.4 is 10.5 Å². The number of benzene rings is 1. The van der Waals surface area contributed by atoms with Crippen molar-refractivity contribution in [3.05, 3.63) is 41.1 Å². The lowest BCUT2D eigenvalue weighted by Gasteiger charge is -2.18. The molecule has 0 atom stereocenters. The van der Waals surface area contributed by atoms with E-state index in [-0.39, 0.29) is 0 Å². The maximum absolute atomic E-state index is 9.55. The first-order chi connectivity index (χ1) is 10.7. The van der Waals surface area contributed by atoms with Crippen LogP contribution in [0.25, 0.3) is 11.1 Å². The number of nitriles is 1. The van der Waals surface area contributed by atoms with Crippen molar-refractivity contribution >= 4 is 5.82 Å². The van der Waals surface area contributed by atoms with Crippen molar-refractivity contribution < 1.29 is 4.74 Å². The summed E-state index contributed by atoms with van der Waals surface area (Å²) < 4.78 is 5.47. The Kier molecular flexibility index (Phi) is 5.00. The van der Waals surface area contributed by atoms with Gasteiger partial charge in [0.15, 0.2) is 0 Å². The largest absolute Gasteiger partial charge is 0.496 e. The number of aromatic nitrogens is 1. The van der Waals surface area contributed by atoms with E-state index in [9.17, 15) is 5.26 Å². The minimum absolute atomic E-state index is 0.295. The summed E-state index contributed by atoms with van der Waals surface area (Å²) in [6.45, 7) is 4.19. The molecule has 0 amide bonds. The van der Waals surface area contributed by atoms with Crippen molar-refractivity contribution in [2.24, 2.45) is 0 Å². The Morgan fingerprint density at radius 2 is 2.00 bits per heavy atom. The number of ether oxygens (including phenoxy) is 1. The molecule has 0 unspecified atom stereocenters. The Morgan fingerprint density at radius 1 is 1.27 bits per heavy atom. The second-order valence-corrected chi connectivity index (χ2v) is 5.09. The van der Waals surface area contributed by atoms with Crippen LogP contribution in [0.1, 0.15) is 37.1 Å². The van der Waals surface area contributed by atoms with Gasteiger partial charge in [-0.3, -0.25) is 0 Å². The number of hydrogen-bond acceptors (Lipinski definition) is 4. The van der Waals surface area contributed by atoms with E-state index < -0.39 is 0 Å². The number of anilines is 1. The summed E-state index contributed by atoms with van der Waals surface area (Å²) in [5.41, 5.74) is 10.3. The molecule has 2 N–H and O–H groups in total. The summed E-state index contributed by atoms with van der Waals surface area (Å²) in [6, 6.07) is 9.92. The van der Waals surface area contributed by atoms with Gasteiger partial charge in [-0.25, -0.2) is 4.98 Å². The number of rotatable bonds is 5. The molecule has 4 heteroatoms. The van der Waals surface area contributed by atoms with E-state index in [0.717, 1.165) is 47.4 Å². The highest BCUT2D eigenvalue weighted by Gasteiger charge is 2.20. The molecular weight excluding hydrogens is 274 g/mol. The first kappa shape index (κ1) is 15.8. The van der Waals surface area contributed by atoms with Crippen LogP contribution in [0.5, 0.6) is 5.75 Å². The Labute approximate surface area is 131 Å². The average molecular weight is 295 g/mol. The van der Waals surface area contributed by atoms with Crippen LogP contribution in [0.3, 0.4) is 0 Å². The normalized spacial score (nSPS) is 10.3. The fourth-order valence-corrected chi connectivity index (χ4v) is 2.78. The van der Waals surface area contributed by atoms with Gasteiger partial charge >= 0.3 is 0 Å². The van der Waals surface area contributed by atoms with Gasteiger partial charge < -0.3 is 10.5 Å². The topological polar surface area (TPSA) is 71.9 Å². The molecule has 0 saturated carbocycles. The van der Waals surface area contributed by atoms with Crippen LogP contribution >= 0.6 is 0 Å². The average Bonchev–Trinajstić information content (AvgIpc) is 2.54. The molecule has 0 fully saturated rings. The molecule has 0 spiro atoms. The van der Waals surface area contributed by atoms with Crippen molar-refractivity contribution in [1.29, 1.82) is 5.26 Å². The van der Waals surface area contributed by atoms with Crippen molar-refractivity contribution in [1.82, 2.24) is 4.98 Å². The molecule has 1 aromatic carbocycles. The Bertz CT molecular complexity index is 717. The smallest absolute Gasteiger partial charge is 0.142 e. The summed E-state index contributed by atoms with van der Waals surface area (Å²) in [4.78, 5) is 4.46. The molecule has 22 heavy (non-hydrogen) atoms. The second kappa shape index (κ2) is 6.95. The summed E-state index contributed by atoms with van der Waals surface area (Å²) in [5, 5.41) is 9.55. The molecule has 0 aliphatic carbocycles. The van der Waals surface area contributed by atoms with Gasteiger partial charge in [0, 0.05) is 16.8 Å². The first-order valence-electron chi connectivity index (χ1n) is 7.52. The predicted molar refractivity (Wildman–Crippen MR) is 88.7 cm³/mol. The minimum Gasteiger partial charge on any atom is -0.496 e. The molecule has 1 heterocycles. The number of nitrogens with zero attached hydrogens (tertiary/aromatic N) is 2. The van der Waals surface area contributed by atoms with Gasteiger partial charge in [-0.05, 0) is 24.5 Å². The minimum atomic E-state index is 0.295. The number of nitrogen functional groups attached to an aromatic ring is 1. The van der Waals surface area contributed by atoms with Crippen molar-refractivity contribution in [2.75, 3.05) is 12.8 Å². The number of pyridine rings is 1. The third-order valence-corrected chi connectivity index (χ3v) is 3.74. The van der Waals surface area contributed by atoms with Gasteiger partial charge in [0.25, 0.3) is 0 Å². The maximum Gasteiger partial charge on any atom is 0.142 e. The second-order valence-electron chi connectivity index (χ2n) is 5.09.